The molecule has 90 valence electrons. The summed E-state index contributed by atoms with van der Waals surface area (Å²) in [6.07, 6.45) is 1.31. The molecule has 0 aliphatic heterocycles. The van der Waals surface area contributed by atoms with E-state index in [4.69, 9.17) is 16.3 Å². The van der Waals surface area contributed by atoms with E-state index in [1.807, 2.05) is 30.3 Å². The van der Waals surface area contributed by atoms with Crippen LogP contribution in [-0.2, 0) is 20.9 Å². The van der Waals surface area contributed by atoms with Crippen LogP contribution in [0.1, 0.15) is 18.4 Å². The molecule has 1 aromatic carbocycles. The van der Waals surface area contributed by atoms with Crippen LogP contribution in [0.15, 0.2) is 41.4 Å². The third-order valence-corrected chi connectivity index (χ3v) is 2.40. The smallest absolute Gasteiger partial charge is 0.335 e. The second kappa shape index (κ2) is 7.63. The van der Waals surface area contributed by atoms with Crippen LogP contribution in [0.4, 0.5) is 0 Å². The highest BCUT2D eigenvalue weighted by molar-refractivity contribution is 6.27. The van der Waals surface area contributed by atoms with Crippen molar-refractivity contribution in [3.63, 3.8) is 0 Å². The summed E-state index contributed by atoms with van der Waals surface area (Å²) in [4.78, 5) is 21.8. The summed E-state index contributed by atoms with van der Waals surface area (Å²) in [6.45, 7) is 0.203. The molecule has 0 bridgehead atoms. The number of carbonyl (C=O) groups is 2. The van der Waals surface area contributed by atoms with E-state index in [2.05, 4.69) is 0 Å². The number of ether oxygens (including phenoxy) is 1. The Hall–Kier alpha value is -1.61. The molecule has 0 heterocycles. The lowest BCUT2D eigenvalue weighted by atomic mass is 10.2. The van der Waals surface area contributed by atoms with E-state index < -0.39 is 5.97 Å². The number of halogens is 1. The highest BCUT2D eigenvalue weighted by Crippen LogP contribution is 2.10. The van der Waals surface area contributed by atoms with Crippen molar-refractivity contribution >= 4 is 23.9 Å². The van der Waals surface area contributed by atoms with Gasteiger partial charge in [-0.05, 0) is 12.0 Å². The average Bonchev–Trinajstić information content (AvgIpc) is 2.38. The standard InChI is InChI=1S/C13H13ClO3/c14-9-12(7-4-8-15)13(16)17-10-11-5-2-1-3-6-11/h1-3,5-6,8-9H,4,7,10H2/b12-9-. The van der Waals surface area contributed by atoms with Gasteiger partial charge in [0.05, 0.1) is 0 Å². The number of benzene rings is 1. The Balaban J connectivity index is 2.46. The lowest BCUT2D eigenvalue weighted by Gasteiger charge is -2.06. The molecule has 0 saturated carbocycles. The van der Waals surface area contributed by atoms with Gasteiger partial charge in [-0.2, -0.15) is 0 Å². The van der Waals surface area contributed by atoms with E-state index in [-0.39, 0.29) is 13.0 Å². The molecule has 0 spiro atoms. The fourth-order valence-electron chi connectivity index (χ4n) is 1.23. The van der Waals surface area contributed by atoms with Crippen molar-refractivity contribution in [2.24, 2.45) is 0 Å². The summed E-state index contributed by atoms with van der Waals surface area (Å²) in [5.41, 5.74) is 2.39. The first kappa shape index (κ1) is 13.5. The summed E-state index contributed by atoms with van der Waals surface area (Å²) in [7, 11) is 0. The largest absolute Gasteiger partial charge is 0.457 e. The zero-order valence-electron chi connectivity index (χ0n) is 9.27. The van der Waals surface area contributed by atoms with Crippen molar-refractivity contribution in [1.82, 2.24) is 0 Å². The van der Waals surface area contributed by atoms with Crippen molar-refractivity contribution in [3.05, 3.63) is 47.0 Å². The van der Waals surface area contributed by atoms with Crippen LogP contribution in [0, 0.1) is 0 Å². The fraction of sp³-hybridized carbons (Fsp3) is 0.231. The van der Waals surface area contributed by atoms with Gasteiger partial charge in [0.1, 0.15) is 12.9 Å². The molecule has 1 rings (SSSR count). The van der Waals surface area contributed by atoms with Gasteiger partial charge in [-0.3, -0.25) is 0 Å². The van der Waals surface area contributed by atoms with Gasteiger partial charge in [-0.15, -0.1) is 0 Å². The predicted molar refractivity (Wildman–Crippen MR) is 65.5 cm³/mol. The van der Waals surface area contributed by atoms with Crippen molar-refractivity contribution in [1.29, 1.82) is 0 Å². The molecule has 3 nitrogen and oxygen atoms in total. The Bertz CT molecular complexity index is 398. The highest BCUT2D eigenvalue weighted by atomic mass is 35.5. The first-order valence-corrected chi connectivity index (χ1v) is 5.65. The Morgan fingerprint density at radius 1 is 1.29 bits per heavy atom. The number of carbonyl (C=O) groups excluding carboxylic acids is 2. The number of esters is 1. The lowest BCUT2D eigenvalue weighted by Crippen LogP contribution is -2.08. The Labute approximate surface area is 105 Å². The van der Waals surface area contributed by atoms with Gasteiger partial charge in [0.25, 0.3) is 0 Å². The topological polar surface area (TPSA) is 43.4 Å². The Kier molecular flexibility index (Phi) is 6.04. The summed E-state index contributed by atoms with van der Waals surface area (Å²) >= 11 is 5.50. The van der Waals surface area contributed by atoms with E-state index in [0.717, 1.165) is 17.4 Å². The maximum atomic E-state index is 11.6. The molecule has 0 radical (unpaired) electrons. The average molecular weight is 253 g/mol. The molecule has 4 heteroatoms. The SMILES string of the molecule is O=CCC/C(=C/Cl)C(=O)OCc1ccccc1. The maximum Gasteiger partial charge on any atom is 0.335 e. The normalized spacial score (nSPS) is 11.0. The molecule has 0 saturated heterocycles. The minimum absolute atomic E-state index is 0.203. The quantitative estimate of drug-likeness (QED) is 0.444. The molecule has 0 amide bonds. The van der Waals surface area contributed by atoms with Gasteiger partial charge in [-0.1, -0.05) is 41.9 Å². The third-order valence-electron chi connectivity index (χ3n) is 2.14. The number of hydrogen-bond donors (Lipinski definition) is 0. The predicted octanol–water partition coefficient (Wildman–Crippen LogP) is 2.83. The molecule has 0 aliphatic carbocycles. The highest BCUT2D eigenvalue weighted by Gasteiger charge is 2.10. The second-order valence-corrected chi connectivity index (χ2v) is 3.62. The molecule has 0 aromatic heterocycles. The van der Waals surface area contributed by atoms with Gasteiger partial charge >= 0.3 is 5.97 Å². The summed E-state index contributed by atoms with van der Waals surface area (Å²) in [5.74, 6) is -0.481. The van der Waals surface area contributed by atoms with Crippen molar-refractivity contribution in [2.45, 2.75) is 19.4 Å². The molecular weight excluding hydrogens is 240 g/mol. The van der Waals surface area contributed by atoms with Gasteiger partial charge in [-0.25, -0.2) is 4.79 Å². The molecule has 17 heavy (non-hydrogen) atoms. The molecule has 0 N–H and O–H groups in total. The maximum absolute atomic E-state index is 11.6. The van der Waals surface area contributed by atoms with Crippen LogP contribution in [0.25, 0.3) is 0 Å². The van der Waals surface area contributed by atoms with Gasteiger partial charge < -0.3 is 9.53 Å². The zero-order valence-corrected chi connectivity index (χ0v) is 10.0. The summed E-state index contributed by atoms with van der Waals surface area (Å²) < 4.78 is 5.07. The van der Waals surface area contributed by atoms with Crippen LogP contribution in [0.3, 0.4) is 0 Å². The molecule has 1 aromatic rings. The van der Waals surface area contributed by atoms with Crippen LogP contribution in [-0.4, -0.2) is 12.3 Å². The number of aldehydes is 1. The number of rotatable bonds is 6. The van der Waals surface area contributed by atoms with Crippen LogP contribution in [0.5, 0.6) is 0 Å². The molecule has 0 unspecified atom stereocenters. The zero-order chi connectivity index (χ0) is 12.5. The minimum Gasteiger partial charge on any atom is -0.457 e. The molecule has 0 fully saturated rings. The van der Waals surface area contributed by atoms with Gasteiger partial charge in [0, 0.05) is 17.5 Å². The summed E-state index contributed by atoms with van der Waals surface area (Å²) in [5, 5.41) is 0. The van der Waals surface area contributed by atoms with Gasteiger partial charge in [0.2, 0.25) is 0 Å². The molecular formula is C13H13ClO3. The van der Waals surface area contributed by atoms with Crippen molar-refractivity contribution in [3.8, 4) is 0 Å². The summed E-state index contributed by atoms with van der Waals surface area (Å²) in [6, 6.07) is 9.35. The van der Waals surface area contributed by atoms with E-state index >= 15 is 0 Å². The van der Waals surface area contributed by atoms with Crippen molar-refractivity contribution in [2.75, 3.05) is 0 Å². The van der Waals surface area contributed by atoms with Gasteiger partial charge in [0.15, 0.2) is 0 Å². The second-order valence-electron chi connectivity index (χ2n) is 3.40. The van der Waals surface area contributed by atoms with E-state index in [9.17, 15) is 9.59 Å². The third kappa shape index (κ3) is 4.83. The Morgan fingerprint density at radius 2 is 2.00 bits per heavy atom. The fourth-order valence-corrected chi connectivity index (χ4v) is 1.43. The van der Waals surface area contributed by atoms with Crippen molar-refractivity contribution < 1.29 is 14.3 Å². The van der Waals surface area contributed by atoms with Crippen LogP contribution >= 0.6 is 11.6 Å². The Morgan fingerprint density at radius 3 is 2.59 bits per heavy atom. The molecule has 0 aliphatic rings. The van der Waals surface area contributed by atoms with Crippen LogP contribution < -0.4 is 0 Å². The monoisotopic (exact) mass is 252 g/mol. The lowest BCUT2D eigenvalue weighted by molar-refractivity contribution is -0.140. The molecule has 0 atom stereocenters. The minimum atomic E-state index is -0.481. The van der Waals surface area contributed by atoms with Crippen LogP contribution in [0.2, 0.25) is 0 Å². The van der Waals surface area contributed by atoms with E-state index in [1.165, 1.54) is 0 Å². The van der Waals surface area contributed by atoms with E-state index in [1.54, 1.807) is 0 Å². The van der Waals surface area contributed by atoms with E-state index in [0.29, 0.717) is 12.0 Å². The number of hydrogen-bond acceptors (Lipinski definition) is 3. The first-order valence-electron chi connectivity index (χ1n) is 5.22. The first-order chi connectivity index (χ1) is 8.27.